The van der Waals surface area contributed by atoms with Crippen molar-refractivity contribution >= 4 is 5.91 Å². The van der Waals surface area contributed by atoms with Crippen LogP contribution in [0, 0.1) is 11.3 Å². The van der Waals surface area contributed by atoms with E-state index in [1.54, 1.807) is 7.05 Å². The van der Waals surface area contributed by atoms with Crippen LogP contribution in [0.4, 0.5) is 0 Å². The summed E-state index contributed by atoms with van der Waals surface area (Å²) in [6.07, 6.45) is 0.638. The molecule has 0 spiro atoms. The molecular weight excluding hydrogens is 142 g/mol. The Kier molecular flexibility index (Phi) is 4.23. The molecule has 0 saturated carbocycles. The summed E-state index contributed by atoms with van der Waals surface area (Å²) in [6.45, 7) is 1.82. The highest BCUT2D eigenvalue weighted by Crippen LogP contribution is 1.98. The van der Waals surface area contributed by atoms with Crippen LogP contribution in [0.5, 0.6) is 0 Å². The standard InChI is InChI=1S/C7H13N3O/c1-3-6(4-8)10(2)7(11)5-9/h6H,3,5,9H2,1-2H3. The summed E-state index contributed by atoms with van der Waals surface area (Å²) in [6, 6.07) is 1.67. The van der Waals surface area contributed by atoms with Gasteiger partial charge in [-0.25, -0.2) is 0 Å². The fourth-order valence-electron chi connectivity index (χ4n) is 0.770. The van der Waals surface area contributed by atoms with Gasteiger partial charge < -0.3 is 10.6 Å². The number of nitrogens with two attached hydrogens (primary N) is 1. The summed E-state index contributed by atoms with van der Waals surface area (Å²) in [7, 11) is 1.59. The monoisotopic (exact) mass is 155 g/mol. The van der Waals surface area contributed by atoms with Gasteiger partial charge in [-0.2, -0.15) is 5.26 Å². The third-order valence-corrected chi connectivity index (χ3v) is 1.57. The molecule has 0 radical (unpaired) electrons. The topological polar surface area (TPSA) is 70.1 Å². The largest absolute Gasteiger partial charge is 0.329 e. The zero-order chi connectivity index (χ0) is 8.85. The molecule has 0 saturated heterocycles. The second-order valence-electron chi connectivity index (χ2n) is 2.26. The fourth-order valence-corrected chi connectivity index (χ4v) is 0.770. The molecule has 0 aliphatic carbocycles. The Hall–Kier alpha value is -1.08. The van der Waals surface area contributed by atoms with Gasteiger partial charge in [0.05, 0.1) is 12.6 Å². The molecular formula is C7H13N3O. The first-order valence-electron chi connectivity index (χ1n) is 3.52. The zero-order valence-corrected chi connectivity index (χ0v) is 6.87. The Labute approximate surface area is 66.6 Å². The lowest BCUT2D eigenvalue weighted by molar-refractivity contribution is -0.129. The summed E-state index contributed by atoms with van der Waals surface area (Å²) in [5, 5.41) is 8.56. The van der Waals surface area contributed by atoms with Crippen LogP contribution < -0.4 is 5.73 Å². The third kappa shape index (κ3) is 2.56. The van der Waals surface area contributed by atoms with E-state index in [4.69, 9.17) is 11.0 Å². The Morgan fingerprint density at radius 3 is 2.64 bits per heavy atom. The van der Waals surface area contributed by atoms with E-state index in [2.05, 4.69) is 0 Å². The number of hydrogen-bond donors (Lipinski definition) is 1. The van der Waals surface area contributed by atoms with Crippen LogP contribution in [-0.4, -0.2) is 30.4 Å². The van der Waals surface area contributed by atoms with Crippen molar-refractivity contribution < 1.29 is 4.79 Å². The van der Waals surface area contributed by atoms with Gasteiger partial charge in [0, 0.05) is 7.05 Å². The van der Waals surface area contributed by atoms with Gasteiger partial charge in [-0.15, -0.1) is 0 Å². The number of amides is 1. The van der Waals surface area contributed by atoms with E-state index in [-0.39, 0.29) is 18.5 Å². The second-order valence-corrected chi connectivity index (χ2v) is 2.26. The van der Waals surface area contributed by atoms with Gasteiger partial charge in [0.25, 0.3) is 0 Å². The van der Waals surface area contributed by atoms with E-state index in [0.29, 0.717) is 6.42 Å². The molecule has 1 atom stereocenters. The van der Waals surface area contributed by atoms with Gasteiger partial charge in [0.1, 0.15) is 6.04 Å². The molecule has 0 fully saturated rings. The van der Waals surface area contributed by atoms with Crippen molar-refractivity contribution in [1.29, 1.82) is 5.26 Å². The molecule has 4 nitrogen and oxygen atoms in total. The first-order valence-corrected chi connectivity index (χ1v) is 3.52. The molecule has 0 aromatic rings. The van der Waals surface area contributed by atoms with Gasteiger partial charge in [-0.1, -0.05) is 6.92 Å². The van der Waals surface area contributed by atoms with Gasteiger partial charge in [-0.3, -0.25) is 4.79 Å². The molecule has 1 amide bonds. The van der Waals surface area contributed by atoms with Crippen LogP contribution in [0.2, 0.25) is 0 Å². The predicted octanol–water partition coefficient (Wildman–Crippen LogP) is -0.294. The van der Waals surface area contributed by atoms with Gasteiger partial charge in [0.15, 0.2) is 0 Å². The molecule has 0 rings (SSSR count). The molecule has 2 N–H and O–H groups in total. The summed E-state index contributed by atoms with van der Waals surface area (Å²) >= 11 is 0. The normalized spacial score (nSPS) is 11.8. The van der Waals surface area contributed by atoms with E-state index < -0.39 is 0 Å². The van der Waals surface area contributed by atoms with Crippen molar-refractivity contribution in [1.82, 2.24) is 4.90 Å². The number of likely N-dealkylation sites (N-methyl/N-ethyl adjacent to an activating group) is 1. The third-order valence-electron chi connectivity index (χ3n) is 1.57. The van der Waals surface area contributed by atoms with Crippen molar-refractivity contribution in [3.8, 4) is 6.07 Å². The Bertz CT molecular complexity index is 173. The van der Waals surface area contributed by atoms with Crippen LogP contribution in [0.15, 0.2) is 0 Å². The molecule has 0 aromatic heterocycles. The van der Waals surface area contributed by atoms with E-state index in [1.807, 2.05) is 13.0 Å². The summed E-state index contributed by atoms with van der Waals surface area (Å²) < 4.78 is 0. The molecule has 0 heterocycles. The SMILES string of the molecule is CCC(C#N)N(C)C(=O)CN. The van der Waals surface area contributed by atoms with E-state index in [9.17, 15) is 4.79 Å². The van der Waals surface area contributed by atoms with Crippen LogP contribution in [0.25, 0.3) is 0 Å². The smallest absolute Gasteiger partial charge is 0.237 e. The molecule has 0 aliphatic heterocycles. The molecule has 0 aromatic carbocycles. The molecule has 1 unspecified atom stereocenters. The maximum Gasteiger partial charge on any atom is 0.237 e. The number of carbonyl (C=O) groups excluding carboxylic acids is 1. The molecule has 0 aliphatic rings. The van der Waals surface area contributed by atoms with Crippen molar-refractivity contribution in [2.45, 2.75) is 19.4 Å². The lowest BCUT2D eigenvalue weighted by atomic mass is 10.2. The first kappa shape index (κ1) is 9.92. The Morgan fingerprint density at radius 2 is 2.36 bits per heavy atom. The fraction of sp³-hybridized carbons (Fsp3) is 0.714. The maximum atomic E-state index is 10.9. The van der Waals surface area contributed by atoms with Crippen LogP contribution in [0.1, 0.15) is 13.3 Å². The predicted molar refractivity (Wildman–Crippen MR) is 41.5 cm³/mol. The molecule has 62 valence electrons. The van der Waals surface area contributed by atoms with Crippen LogP contribution in [-0.2, 0) is 4.79 Å². The molecule has 4 heteroatoms. The average molecular weight is 155 g/mol. The summed E-state index contributed by atoms with van der Waals surface area (Å²) in [4.78, 5) is 12.3. The quantitative estimate of drug-likeness (QED) is 0.608. The van der Waals surface area contributed by atoms with Crippen LogP contribution >= 0.6 is 0 Å². The lowest BCUT2D eigenvalue weighted by Gasteiger charge is -2.20. The highest BCUT2D eigenvalue weighted by atomic mass is 16.2. The minimum Gasteiger partial charge on any atom is -0.329 e. The number of rotatable bonds is 3. The molecule has 0 bridgehead atoms. The summed E-state index contributed by atoms with van der Waals surface area (Å²) in [5.74, 6) is -0.196. The van der Waals surface area contributed by atoms with E-state index in [0.717, 1.165) is 0 Å². The van der Waals surface area contributed by atoms with E-state index >= 15 is 0 Å². The van der Waals surface area contributed by atoms with Gasteiger partial charge in [-0.05, 0) is 6.42 Å². The van der Waals surface area contributed by atoms with Crippen molar-refractivity contribution in [3.05, 3.63) is 0 Å². The Morgan fingerprint density at radius 1 is 1.82 bits per heavy atom. The van der Waals surface area contributed by atoms with Crippen LogP contribution in [0.3, 0.4) is 0 Å². The first-order chi connectivity index (χ1) is 5.17. The van der Waals surface area contributed by atoms with Gasteiger partial charge in [0.2, 0.25) is 5.91 Å². The molecule has 11 heavy (non-hydrogen) atoms. The van der Waals surface area contributed by atoms with Crippen molar-refractivity contribution in [2.24, 2.45) is 5.73 Å². The van der Waals surface area contributed by atoms with Gasteiger partial charge >= 0.3 is 0 Å². The number of hydrogen-bond acceptors (Lipinski definition) is 3. The van der Waals surface area contributed by atoms with E-state index in [1.165, 1.54) is 4.90 Å². The zero-order valence-electron chi connectivity index (χ0n) is 6.87. The average Bonchev–Trinajstić information content (AvgIpc) is 2.05. The minimum absolute atomic E-state index is 0.0331. The number of nitriles is 1. The van der Waals surface area contributed by atoms with Crippen molar-refractivity contribution in [2.75, 3.05) is 13.6 Å². The highest BCUT2D eigenvalue weighted by Gasteiger charge is 2.15. The maximum absolute atomic E-state index is 10.9. The highest BCUT2D eigenvalue weighted by molar-refractivity contribution is 5.78. The Balaban J connectivity index is 4.11. The summed E-state index contributed by atoms with van der Waals surface area (Å²) in [5.41, 5.74) is 5.12. The number of carbonyl (C=O) groups is 1. The van der Waals surface area contributed by atoms with Crippen molar-refractivity contribution in [3.63, 3.8) is 0 Å². The number of nitrogens with zero attached hydrogens (tertiary/aromatic N) is 2. The lowest BCUT2D eigenvalue weighted by Crippen LogP contribution is -2.39. The second kappa shape index (κ2) is 4.69. The minimum atomic E-state index is -0.342.